The lowest BCUT2D eigenvalue weighted by atomic mass is 10.2. The van der Waals surface area contributed by atoms with E-state index in [1.165, 1.54) is 29.8 Å². The molecule has 0 spiro atoms. The Labute approximate surface area is 182 Å². The van der Waals surface area contributed by atoms with E-state index in [1.807, 2.05) is 12.1 Å². The summed E-state index contributed by atoms with van der Waals surface area (Å²) in [4.78, 5) is 34.4. The molecule has 1 fully saturated rings. The van der Waals surface area contributed by atoms with E-state index in [-0.39, 0.29) is 18.1 Å². The zero-order chi connectivity index (χ0) is 21.2. The van der Waals surface area contributed by atoms with Gasteiger partial charge in [-0.15, -0.1) is 11.3 Å². The molecule has 5 rings (SSSR count). The van der Waals surface area contributed by atoms with Crippen LogP contribution in [0.25, 0.3) is 11.2 Å². The predicted molar refractivity (Wildman–Crippen MR) is 116 cm³/mol. The van der Waals surface area contributed by atoms with Crippen LogP contribution in [0.15, 0.2) is 48.5 Å². The second kappa shape index (κ2) is 8.48. The van der Waals surface area contributed by atoms with Crippen LogP contribution in [0.4, 0.5) is 10.2 Å². The number of anilines is 1. The molecule has 158 valence electrons. The van der Waals surface area contributed by atoms with Crippen LogP contribution in [-0.4, -0.2) is 61.4 Å². The Hall–Kier alpha value is -3.24. The Balaban J connectivity index is 1.28. The number of aromatic nitrogens is 5. The van der Waals surface area contributed by atoms with Crippen molar-refractivity contribution in [2.45, 2.75) is 13.1 Å². The van der Waals surface area contributed by atoms with Crippen molar-refractivity contribution in [3.05, 3.63) is 64.9 Å². The van der Waals surface area contributed by atoms with Crippen molar-refractivity contribution < 1.29 is 9.18 Å². The predicted octanol–water partition coefficient (Wildman–Crippen LogP) is 2.63. The third-order valence-electron chi connectivity index (χ3n) is 5.36. The minimum atomic E-state index is -0.214. The van der Waals surface area contributed by atoms with E-state index in [0.29, 0.717) is 16.2 Å². The van der Waals surface area contributed by atoms with E-state index in [0.717, 1.165) is 44.1 Å². The summed E-state index contributed by atoms with van der Waals surface area (Å²) in [6.45, 7) is 4.28. The number of thiazole rings is 1. The molecule has 3 aromatic heterocycles. The third-order valence-corrected chi connectivity index (χ3v) is 6.17. The molecular weight excluding hydrogens is 417 g/mol. The van der Waals surface area contributed by atoms with E-state index >= 15 is 0 Å². The molecule has 4 aromatic rings. The van der Waals surface area contributed by atoms with Gasteiger partial charge in [0.05, 0.1) is 12.9 Å². The number of rotatable bonds is 6. The lowest BCUT2D eigenvalue weighted by molar-refractivity contribution is 0.0973. The van der Waals surface area contributed by atoms with E-state index in [1.54, 1.807) is 22.5 Å². The number of benzene rings is 1. The van der Waals surface area contributed by atoms with Crippen molar-refractivity contribution in [3.63, 3.8) is 0 Å². The van der Waals surface area contributed by atoms with Crippen molar-refractivity contribution in [3.8, 4) is 0 Å². The van der Waals surface area contributed by atoms with Gasteiger partial charge in [-0.1, -0.05) is 12.1 Å². The minimum absolute atomic E-state index is 0.0659. The van der Waals surface area contributed by atoms with Crippen LogP contribution in [-0.2, 0) is 13.1 Å². The van der Waals surface area contributed by atoms with E-state index in [9.17, 15) is 9.18 Å². The molecular formula is C21H20FN7OS. The van der Waals surface area contributed by atoms with Gasteiger partial charge >= 0.3 is 0 Å². The number of piperazine rings is 1. The smallest absolute Gasteiger partial charge is 0.211 e. The molecule has 0 saturated carbocycles. The standard InChI is InChI=1S/C21H20FN7OS/c22-16-3-1-15(2-4-16)11-27-6-8-28(9-7-27)19-18-20(25-13-24-19)29(14-26-18)12-17(30)21-23-5-10-31-21/h1-5,10,13-14H,6-9,11-12H2. The average Bonchev–Trinajstić information content (AvgIpc) is 3.47. The highest BCUT2D eigenvalue weighted by molar-refractivity contribution is 7.11. The summed E-state index contributed by atoms with van der Waals surface area (Å²) in [6.07, 6.45) is 4.79. The van der Waals surface area contributed by atoms with Gasteiger partial charge < -0.3 is 9.47 Å². The fraction of sp³-hybridized carbons (Fsp3) is 0.286. The molecule has 1 saturated heterocycles. The quantitative estimate of drug-likeness (QED) is 0.429. The maximum atomic E-state index is 13.1. The first kappa shape index (κ1) is 19.7. The van der Waals surface area contributed by atoms with Crippen LogP contribution < -0.4 is 4.90 Å². The molecule has 1 aromatic carbocycles. The van der Waals surface area contributed by atoms with E-state index in [2.05, 4.69) is 29.7 Å². The topological polar surface area (TPSA) is 80.0 Å². The molecule has 0 amide bonds. The van der Waals surface area contributed by atoms with Crippen molar-refractivity contribution >= 4 is 34.1 Å². The molecule has 4 heterocycles. The number of imidazole rings is 1. The lowest BCUT2D eigenvalue weighted by Gasteiger charge is -2.35. The van der Waals surface area contributed by atoms with Crippen LogP contribution in [0.2, 0.25) is 0 Å². The molecule has 0 aliphatic carbocycles. The van der Waals surface area contributed by atoms with Crippen molar-refractivity contribution in [1.82, 2.24) is 29.4 Å². The fourth-order valence-electron chi connectivity index (χ4n) is 3.76. The van der Waals surface area contributed by atoms with Gasteiger partial charge in [0.2, 0.25) is 5.78 Å². The summed E-state index contributed by atoms with van der Waals surface area (Å²) in [7, 11) is 0. The number of nitrogens with zero attached hydrogens (tertiary/aromatic N) is 7. The maximum Gasteiger partial charge on any atom is 0.211 e. The lowest BCUT2D eigenvalue weighted by Crippen LogP contribution is -2.46. The van der Waals surface area contributed by atoms with E-state index in [4.69, 9.17) is 0 Å². The third kappa shape index (κ3) is 4.17. The first-order valence-corrected chi connectivity index (χ1v) is 10.9. The Morgan fingerprint density at radius 3 is 2.58 bits per heavy atom. The number of fused-ring (bicyclic) bond motifs is 1. The molecule has 0 N–H and O–H groups in total. The summed E-state index contributed by atoms with van der Waals surface area (Å²) >= 11 is 1.33. The van der Waals surface area contributed by atoms with Crippen LogP contribution in [0, 0.1) is 5.82 Å². The van der Waals surface area contributed by atoms with Crippen LogP contribution >= 0.6 is 11.3 Å². The van der Waals surface area contributed by atoms with Crippen LogP contribution in [0.1, 0.15) is 15.4 Å². The second-order valence-corrected chi connectivity index (χ2v) is 8.29. The van der Waals surface area contributed by atoms with Gasteiger partial charge in [0.25, 0.3) is 0 Å². The second-order valence-electron chi connectivity index (χ2n) is 7.39. The molecule has 0 radical (unpaired) electrons. The number of halogens is 1. The van der Waals surface area contributed by atoms with Gasteiger partial charge in [0.1, 0.15) is 12.1 Å². The SMILES string of the molecule is O=C(Cn1cnc2c(N3CCN(Cc4ccc(F)cc4)CC3)ncnc21)c1nccs1. The van der Waals surface area contributed by atoms with Gasteiger partial charge in [-0.05, 0) is 17.7 Å². The van der Waals surface area contributed by atoms with Gasteiger partial charge in [-0.3, -0.25) is 9.69 Å². The van der Waals surface area contributed by atoms with Gasteiger partial charge in [0.15, 0.2) is 22.0 Å². The molecule has 1 aliphatic rings. The van der Waals surface area contributed by atoms with Gasteiger partial charge in [0, 0.05) is 44.3 Å². The average molecular weight is 438 g/mol. The Morgan fingerprint density at radius 2 is 1.84 bits per heavy atom. The highest BCUT2D eigenvalue weighted by Crippen LogP contribution is 2.23. The minimum Gasteiger partial charge on any atom is -0.352 e. The summed E-state index contributed by atoms with van der Waals surface area (Å²) in [6, 6.07) is 6.65. The normalized spacial score (nSPS) is 14.9. The Bertz CT molecular complexity index is 1180. The number of carbonyl (C=O) groups excluding carboxylic acids is 1. The largest absolute Gasteiger partial charge is 0.352 e. The molecule has 0 atom stereocenters. The zero-order valence-corrected chi connectivity index (χ0v) is 17.5. The van der Waals surface area contributed by atoms with E-state index < -0.39 is 0 Å². The molecule has 1 aliphatic heterocycles. The zero-order valence-electron chi connectivity index (χ0n) is 16.7. The van der Waals surface area contributed by atoms with Gasteiger partial charge in [-0.2, -0.15) is 0 Å². The maximum absolute atomic E-state index is 13.1. The number of ketones is 1. The number of carbonyl (C=O) groups is 1. The monoisotopic (exact) mass is 437 g/mol. The first-order chi connectivity index (χ1) is 15.2. The van der Waals surface area contributed by atoms with Crippen molar-refractivity contribution in [2.24, 2.45) is 0 Å². The van der Waals surface area contributed by atoms with Gasteiger partial charge in [-0.25, -0.2) is 24.3 Å². The molecule has 10 heteroatoms. The highest BCUT2D eigenvalue weighted by Gasteiger charge is 2.22. The summed E-state index contributed by atoms with van der Waals surface area (Å²) in [5.41, 5.74) is 2.44. The molecule has 8 nitrogen and oxygen atoms in total. The van der Waals surface area contributed by atoms with Crippen molar-refractivity contribution in [1.29, 1.82) is 0 Å². The Kier molecular flexibility index (Phi) is 5.39. The molecule has 0 unspecified atom stereocenters. The summed E-state index contributed by atoms with van der Waals surface area (Å²) in [5, 5.41) is 2.27. The Morgan fingerprint density at radius 1 is 1.03 bits per heavy atom. The molecule has 31 heavy (non-hydrogen) atoms. The first-order valence-electron chi connectivity index (χ1n) is 9.97. The van der Waals surface area contributed by atoms with Crippen LogP contribution in [0.3, 0.4) is 0 Å². The summed E-state index contributed by atoms with van der Waals surface area (Å²) < 4.78 is 14.9. The summed E-state index contributed by atoms with van der Waals surface area (Å²) in [5.74, 6) is 0.505. The number of hydrogen-bond acceptors (Lipinski definition) is 8. The number of Topliss-reactive ketones (excluding diaryl/α,β-unsaturated/α-hetero) is 1. The highest BCUT2D eigenvalue weighted by atomic mass is 32.1. The number of hydrogen-bond donors (Lipinski definition) is 0. The van der Waals surface area contributed by atoms with Crippen LogP contribution in [0.5, 0.6) is 0 Å². The fourth-order valence-corrected chi connectivity index (χ4v) is 4.33. The molecule has 0 bridgehead atoms. The van der Waals surface area contributed by atoms with Crippen molar-refractivity contribution in [2.75, 3.05) is 31.1 Å².